The minimum Gasteiger partial charge on any atom is -0.357 e. The van der Waals surface area contributed by atoms with Crippen LogP contribution in [0.25, 0.3) is 0 Å². The van der Waals surface area contributed by atoms with Gasteiger partial charge in [0.25, 0.3) is 0 Å². The molecule has 0 aliphatic heterocycles. The van der Waals surface area contributed by atoms with Crippen molar-refractivity contribution in [1.82, 2.24) is 15.5 Å². The molecule has 0 heterocycles. The lowest BCUT2D eigenvalue weighted by molar-refractivity contribution is 0.238. The standard InChI is InChI=1S/C22H33N5O2S.HI/c1-4-24-22(26-16-20-11-8-12-21(15-20)30(23,28)29)25-14-13-18(2)27(3)17-19-9-6-5-7-10-19;/h5-12,15,18H,4,13-14,16-17H2,1-3H3,(H2,23,28,29)(H2,24,25,26);1H. The summed E-state index contributed by atoms with van der Waals surface area (Å²) in [5.74, 6) is 0.705. The lowest BCUT2D eigenvalue weighted by atomic mass is 10.1. The van der Waals surface area contributed by atoms with Gasteiger partial charge in [0.1, 0.15) is 0 Å². The number of benzene rings is 2. The monoisotopic (exact) mass is 559 g/mol. The number of nitrogens with two attached hydrogens (primary N) is 1. The molecular formula is C22H34IN5O2S. The maximum absolute atomic E-state index is 11.5. The van der Waals surface area contributed by atoms with Crippen LogP contribution in [0.3, 0.4) is 0 Å². The van der Waals surface area contributed by atoms with Gasteiger partial charge in [-0.25, -0.2) is 18.5 Å². The number of guanidine groups is 1. The van der Waals surface area contributed by atoms with E-state index in [1.54, 1.807) is 12.1 Å². The molecule has 0 radical (unpaired) electrons. The van der Waals surface area contributed by atoms with Crippen LogP contribution in [0.1, 0.15) is 31.4 Å². The quantitative estimate of drug-likeness (QED) is 0.236. The Balaban J connectivity index is 0.00000480. The smallest absolute Gasteiger partial charge is 0.238 e. The van der Waals surface area contributed by atoms with Gasteiger partial charge >= 0.3 is 0 Å². The highest BCUT2D eigenvalue weighted by molar-refractivity contribution is 14.0. The average Bonchev–Trinajstić information content (AvgIpc) is 2.72. The molecule has 172 valence electrons. The number of nitrogens with one attached hydrogen (secondary N) is 2. The first-order valence-electron chi connectivity index (χ1n) is 10.2. The van der Waals surface area contributed by atoms with Crippen LogP contribution in [0.4, 0.5) is 0 Å². The van der Waals surface area contributed by atoms with Crippen molar-refractivity contribution in [3.05, 3.63) is 65.7 Å². The largest absolute Gasteiger partial charge is 0.357 e. The Bertz CT molecular complexity index is 923. The normalized spacial score (nSPS) is 12.9. The van der Waals surface area contributed by atoms with Crippen molar-refractivity contribution >= 4 is 40.0 Å². The molecule has 0 amide bonds. The van der Waals surface area contributed by atoms with Gasteiger partial charge < -0.3 is 10.6 Å². The first-order chi connectivity index (χ1) is 14.3. The molecular weight excluding hydrogens is 525 g/mol. The van der Waals surface area contributed by atoms with Crippen LogP contribution in [0.2, 0.25) is 0 Å². The van der Waals surface area contributed by atoms with Crippen LogP contribution < -0.4 is 15.8 Å². The maximum Gasteiger partial charge on any atom is 0.238 e. The van der Waals surface area contributed by atoms with E-state index in [-0.39, 0.29) is 28.9 Å². The molecule has 2 aromatic rings. The zero-order valence-electron chi connectivity index (χ0n) is 18.4. The Morgan fingerprint density at radius 3 is 2.42 bits per heavy atom. The molecule has 2 aromatic carbocycles. The lowest BCUT2D eigenvalue weighted by Gasteiger charge is -2.25. The van der Waals surface area contributed by atoms with Gasteiger partial charge in [-0.15, -0.1) is 24.0 Å². The minimum atomic E-state index is -3.71. The topological polar surface area (TPSA) is 99.8 Å². The van der Waals surface area contributed by atoms with E-state index in [1.165, 1.54) is 11.6 Å². The zero-order valence-corrected chi connectivity index (χ0v) is 21.6. The molecule has 0 aliphatic rings. The van der Waals surface area contributed by atoms with Gasteiger partial charge in [-0.3, -0.25) is 4.90 Å². The van der Waals surface area contributed by atoms with E-state index in [9.17, 15) is 8.42 Å². The molecule has 4 N–H and O–H groups in total. The van der Waals surface area contributed by atoms with E-state index in [1.807, 2.05) is 19.1 Å². The van der Waals surface area contributed by atoms with Crippen molar-refractivity contribution in [2.45, 2.75) is 44.3 Å². The Hall–Kier alpha value is -1.69. The number of hydrogen-bond acceptors (Lipinski definition) is 4. The number of hydrogen-bond donors (Lipinski definition) is 3. The predicted octanol–water partition coefficient (Wildman–Crippen LogP) is 2.92. The summed E-state index contributed by atoms with van der Waals surface area (Å²) in [5, 5.41) is 11.8. The second-order valence-corrected chi connectivity index (χ2v) is 8.91. The third-order valence-electron chi connectivity index (χ3n) is 4.87. The summed E-state index contributed by atoms with van der Waals surface area (Å²) in [6.45, 7) is 7.02. The Morgan fingerprint density at radius 1 is 1.10 bits per heavy atom. The van der Waals surface area contributed by atoms with E-state index in [0.29, 0.717) is 18.5 Å². The molecule has 2 rings (SSSR count). The number of primary sulfonamides is 1. The van der Waals surface area contributed by atoms with Gasteiger partial charge in [0.15, 0.2) is 5.96 Å². The number of halogens is 1. The molecule has 1 unspecified atom stereocenters. The summed E-state index contributed by atoms with van der Waals surface area (Å²) in [7, 11) is -1.58. The number of aliphatic imine (C=N–C) groups is 1. The van der Waals surface area contributed by atoms with Gasteiger partial charge in [-0.2, -0.15) is 0 Å². The Labute approximate surface area is 203 Å². The van der Waals surface area contributed by atoms with E-state index < -0.39 is 10.0 Å². The fourth-order valence-corrected chi connectivity index (χ4v) is 3.56. The van der Waals surface area contributed by atoms with Crippen molar-refractivity contribution < 1.29 is 8.42 Å². The second-order valence-electron chi connectivity index (χ2n) is 7.35. The van der Waals surface area contributed by atoms with Crippen molar-refractivity contribution in [3.63, 3.8) is 0 Å². The van der Waals surface area contributed by atoms with Gasteiger partial charge in [0.05, 0.1) is 11.4 Å². The zero-order chi connectivity index (χ0) is 22.0. The fraction of sp³-hybridized carbons (Fsp3) is 0.409. The van der Waals surface area contributed by atoms with Gasteiger partial charge in [-0.05, 0) is 50.6 Å². The summed E-state index contributed by atoms with van der Waals surface area (Å²) < 4.78 is 23.0. The average molecular weight is 560 g/mol. The number of rotatable bonds is 10. The molecule has 7 nitrogen and oxygen atoms in total. The predicted molar refractivity (Wildman–Crippen MR) is 138 cm³/mol. The third kappa shape index (κ3) is 9.98. The van der Waals surface area contributed by atoms with Crippen LogP contribution in [-0.2, 0) is 23.1 Å². The van der Waals surface area contributed by atoms with Gasteiger partial charge in [-0.1, -0.05) is 42.5 Å². The second kappa shape index (κ2) is 13.7. The SMILES string of the molecule is CCNC(=NCc1cccc(S(N)(=O)=O)c1)NCCC(C)N(C)Cc1ccccc1.I. The van der Waals surface area contributed by atoms with E-state index in [2.05, 4.69) is 58.8 Å². The maximum atomic E-state index is 11.5. The molecule has 31 heavy (non-hydrogen) atoms. The highest BCUT2D eigenvalue weighted by Gasteiger charge is 2.10. The molecule has 0 aromatic heterocycles. The summed E-state index contributed by atoms with van der Waals surface area (Å²) in [4.78, 5) is 7.00. The summed E-state index contributed by atoms with van der Waals surface area (Å²) >= 11 is 0. The Morgan fingerprint density at radius 2 is 1.77 bits per heavy atom. The van der Waals surface area contributed by atoms with Gasteiger partial charge in [0, 0.05) is 25.7 Å². The van der Waals surface area contributed by atoms with E-state index >= 15 is 0 Å². The highest BCUT2D eigenvalue weighted by atomic mass is 127. The molecule has 1 atom stereocenters. The van der Waals surface area contributed by atoms with Crippen molar-refractivity contribution in [2.75, 3.05) is 20.1 Å². The first kappa shape index (κ1) is 27.3. The van der Waals surface area contributed by atoms with Crippen LogP contribution in [0.15, 0.2) is 64.5 Å². The van der Waals surface area contributed by atoms with E-state index in [4.69, 9.17) is 5.14 Å². The van der Waals surface area contributed by atoms with Crippen LogP contribution in [0.5, 0.6) is 0 Å². The summed E-state index contributed by atoms with van der Waals surface area (Å²) in [6.07, 6.45) is 0.967. The van der Waals surface area contributed by atoms with Crippen molar-refractivity contribution in [2.24, 2.45) is 10.1 Å². The number of sulfonamides is 1. The molecule has 0 fully saturated rings. The molecule has 0 saturated heterocycles. The fourth-order valence-electron chi connectivity index (χ4n) is 2.98. The molecule has 0 aliphatic carbocycles. The van der Waals surface area contributed by atoms with Gasteiger partial charge in [0.2, 0.25) is 10.0 Å². The molecule has 9 heteroatoms. The highest BCUT2D eigenvalue weighted by Crippen LogP contribution is 2.11. The molecule has 0 spiro atoms. The lowest BCUT2D eigenvalue weighted by Crippen LogP contribution is -2.40. The summed E-state index contributed by atoms with van der Waals surface area (Å²) in [5.41, 5.74) is 2.09. The van der Waals surface area contributed by atoms with E-state index in [0.717, 1.165) is 31.6 Å². The third-order valence-corrected chi connectivity index (χ3v) is 5.78. The first-order valence-corrected chi connectivity index (χ1v) is 11.7. The Kier molecular flexibility index (Phi) is 12.1. The minimum absolute atomic E-state index is 0. The van der Waals surface area contributed by atoms with Crippen LogP contribution in [-0.4, -0.2) is 45.5 Å². The number of nitrogens with zero attached hydrogens (tertiary/aromatic N) is 2. The van der Waals surface area contributed by atoms with Crippen molar-refractivity contribution in [1.29, 1.82) is 0 Å². The van der Waals surface area contributed by atoms with Crippen LogP contribution in [0, 0.1) is 0 Å². The molecule has 0 bridgehead atoms. The summed E-state index contributed by atoms with van der Waals surface area (Å²) in [6, 6.07) is 17.4. The van der Waals surface area contributed by atoms with Crippen molar-refractivity contribution in [3.8, 4) is 0 Å². The van der Waals surface area contributed by atoms with Crippen LogP contribution >= 0.6 is 24.0 Å². The molecule has 0 saturated carbocycles.